The normalized spacial score (nSPS) is 19.8. The van der Waals surface area contributed by atoms with Gasteiger partial charge in [-0.15, -0.1) is 0 Å². The number of nitrogens with zero attached hydrogens (tertiary/aromatic N) is 2. The zero-order valence-corrected chi connectivity index (χ0v) is 13.1. The highest BCUT2D eigenvalue weighted by Gasteiger charge is 2.30. The first-order valence-corrected chi connectivity index (χ1v) is 7.48. The molecule has 1 aliphatic heterocycles. The second-order valence-electron chi connectivity index (χ2n) is 6.60. The van der Waals surface area contributed by atoms with E-state index in [4.69, 9.17) is 0 Å². The minimum atomic E-state index is -0.0282. The van der Waals surface area contributed by atoms with Crippen molar-refractivity contribution in [3.05, 3.63) is 35.9 Å². The summed E-state index contributed by atoms with van der Waals surface area (Å²) in [6, 6.07) is 9.59. The zero-order valence-electron chi connectivity index (χ0n) is 13.1. The van der Waals surface area contributed by atoms with Crippen molar-refractivity contribution in [2.45, 2.75) is 39.3 Å². The molecule has 0 N–H and O–H groups in total. The van der Waals surface area contributed by atoms with Crippen molar-refractivity contribution in [2.75, 3.05) is 26.2 Å². The van der Waals surface area contributed by atoms with E-state index in [0.29, 0.717) is 0 Å². The Morgan fingerprint density at radius 1 is 1.05 bits per heavy atom. The summed E-state index contributed by atoms with van der Waals surface area (Å²) in [6.07, 6.45) is 0. The maximum atomic E-state index is 12.5. The summed E-state index contributed by atoms with van der Waals surface area (Å²) < 4.78 is 0. The topological polar surface area (TPSA) is 23.6 Å². The number of hydrogen-bond donors (Lipinski definition) is 0. The Bertz CT molecular complexity index is 442. The lowest BCUT2D eigenvalue weighted by molar-refractivity contribution is 0.0420. The van der Waals surface area contributed by atoms with Gasteiger partial charge in [0.15, 0.2) is 5.78 Å². The Hall–Kier alpha value is -1.19. The molecule has 0 amide bonds. The maximum Gasteiger partial charge on any atom is 0.179 e. The molecule has 3 heteroatoms. The van der Waals surface area contributed by atoms with Gasteiger partial charge in [-0.05, 0) is 27.7 Å². The third-order valence-electron chi connectivity index (χ3n) is 4.25. The van der Waals surface area contributed by atoms with Crippen LogP contribution >= 0.6 is 0 Å². The molecule has 1 aliphatic rings. The summed E-state index contributed by atoms with van der Waals surface area (Å²) in [4.78, 5) is 17.3. The zero-order chi connectivity index (χ0) is 14.8. The van der Waals surface area contributed by atoms with Crippen LogP contribution in [-0.4, -0.2) is 53.3 Å². The average molecular weight is 274 g/mol. The van der Waals surface area contributed by atoms with E-state index in [-0.39, 0.29) is 17.4 Å². The number of ketones is 1. The summed E-state index contributed by atoms with van der Waals surface area (Å²) in [6.45, 7) is 12.8. The number of carbonyl (C=O) groups is 1. The third-order valence-corrected chi connectivity index (χ3v) is 4.25. The number of rotatable bonds is 3. The predicted octanol–water partition coefficient (Wildman–Crippen LogP) is 2.67. The summed E-state index contributed by atoms with van der Waals surface area (Å²) >= 11 is 0. The van der Waals surface area contributed by atoms with Gasteiger partial charge in [0.1, 0.15) is 0 Å². The van der Waals surface area contributed by atoms with Gasteiger partial charge in [-0.3, -0.25) is 14.6 Å². The molecule has 2 rings (SSSR count). The van der Waals surface area contributed by atoms with Crippen molar-refractivity contribution in [1.82, 2.24) is 9.80 Å². The lowest BCUT2D eigenvalue weighted by Crippen LogP contribution is -2.56. The number of benzene rings is 1. The van der Waals surface area contributed by atoms with E-state index in [1.807, 2.05) is 37.3 Å². The Balaban J connectivity index is 1.95. The van der Waals surface area contributed by atoms with Gasteiger partial charge in [0.2, 0.25) is 0 Å². The van der Waals surface area contributed by atoms with Crippen LogP contribution in [0.15, 0.2) is 30.3 Å². The van der Waals surface area contributed by atoms with Crippen molar-refractivity contribution >= 4 is 5.78 Å². The van der Waals surface area contributed by atoms with Crippen LogP contribution in [0.4, 0.5) is 0 Å². The standard InChI is InChI=1S/C17H26N2O/c1-14(16(20)15-8-6-5-7-9-15)18-10-12-19(13-11-18)17(2,3)4/h5-9,14H,10-13H2,1-4H3. The van der Waals surface area contributed by atoms with E-state index in [1.54, 1.807) is 0 Å². The minimum absolute atomic E-state index is 0.0282. The fourth-order valence-corrected chi connectivity index (χ4v) is 2.79. The molecule has 0 saturated carbocycles. The molecular weight excluding hydrogens is 248 g/mol. The Morgan fingerprint density at radius 3 is 2.10 bits per heavy atom. The molecular formula is C17H26N2O. The number of carbonyl (C=O) groups excluding carboxylic acids is 1. The molecule has 0 bridgehead atoms. The van der Waals surface area contributed by atoms with Crippen LogP contribution in [0.25, 0.3) is 0 Å². The first-order valence-electron chi connectivity index (χ1n) is 7.48. The Labute approximate surface area is 122 Å². The van der Waals surface area contributed by atoms with Crippen LogP contribution in [0.1, 0.15) is 38.1 Å². The van der Waals surface area contributed by atoms with Crippen molar-refractivity contribution < 1.29 is 4.79 Å². The predicted molar refractivity (Wildman–Crippen MR) is 83.1 cm³/mol. The molecule has 0 radical (unpaired) electrons. The first-order chi connectivity index (χ1) is 9.39. The highest BCUT2D eigenvalue weighted by molar-refractivity contribution is 5.99. The van der Waals surface area contributed by atoms with E-state index >= 15 is 0 Å². The highest BCUT2D eigenvalue weighted by atomic mass is 16.1. The monoisotopic (exact) mass is 274 g/mol. The van der Waals surface area contributed by atoms with Gasteiger partial charge in [0.05, 0.1) is 6.04 Å². The molecule has 0 spiro atoms. The second kappa shape index (κ2) is 6.06. The number of Topliss-reactive ketones (excluding diaryl/α,β-unsaturated/α-hetero) is 1. The van der Waals surface area contributed by atoms with Gasteiger partial charge in [0, 0.05) is 37.3 Å². The van der Waals surface area contributed by atoms with Crippen molar-refractivity contribution in [2.24, 2.45) is 0 Å². The molecule has 1 heterocycles. The highest BCUT2D eigenvalue weighted by Crippen LogP contribution is 2.18. The molecule has 3 nitrogen and oxygen atoms in total. The van der Waals surface area contributed by atoms with Crippen LogP contribution in [0, 0.1) is 0 Å². The van der Waals surface area contributed by atoms with Crippen LogP contribution in [0.5, 0.6) is 0 Å². The molecule has 0 aromatic heterocycles. The molecule has 1 saturated heterocycles. The molecule has 1 unspecified atom stereocenters. The maximum absolute atomic E-state index is 12.5. The third kappa shape index (κ3) is 3.47. The number of hydrogen-bond acceptors (Lipinski definition) is 3. The van der Waals surface area contributed by atoms with Gasteiger partial charge in [0.25, 0.3) is 0 Å². The lowest BCUT2D eigenvalue weighted by Gasteiger charge is -2.43. The van der Waals surface area contributed by atoms with E-state index < -0.39 is 0 Å². The summed E-state index contributed by atoms with van der Waals surface area (Å²) in [5, 5.41) is 0. The van der Waals surface area contributed by atoms with Crippen molar-refractivity contribution in [3.63, 3.8) is 0 Å². The summed E-state index contributed by atoms with van der Waals surface area (Å²) in [7, 11) is 0. The fraction of sp³-hybridized carbons (Fsp3) is 0.588. The minimum Gasteiger partial charge on any atom is -0.296 e. The average Bonchev–Trinajstić information content (AvgIpc) is 2.46. The number of piperazine rings is 1. The molecule has 1 fully saturated rings. The van der Waals surface area contributed by atoms with E-state index in [0.717, 1.165) is 31.7 Å². The molecule has 110 valence electrons. The molecule has 1 aromatic carbocycles. The quantitative estimate of drug-likeness (QED) is 0.792. The van der Waals surface area contributed by atoms with Crippen LogP contribution in [0.3, 0.4) is 0 Å². The van der Waals surface area contributed by atoms with Gasteiger partial charge >= 0.3 is 0 Å². The van der Waals surface area contributed by atoms with Crippen LogP contribution < -0.4 is 0 Å². The summed E-state index contributed by atoms with van der Waals surface area (Å²) in [5.74, 6) is 0.231. The van der Waals surface area contributed by atoms with E-state index in [2.05, 4.69) is 30.6 Å². The Kier molecular flexibility index (Phi) is 4.61. The van der Waals surface area contributed by atoms with Crippen molar-refractivity contribution in [1.29, 1.82) is 0 Å². The van der Waals surface area contributed by atoms with E-state index in [9.17, 15) is 4.79 Å². The summed E-state index contributed by atoms with van der Waals surface area (Å²) in [5.41, 5.74) is 1.04. The SMILES string of the molecule is CC(C(=O)c1ccccc1)N1CCN(C(C)(C)C)CC1. The molecule has 0 aliphatic carbocycles. The lowest BCUT2D eigenvalue weighted by atomic mass is 10.0. The van der Waals surface area contributed by atoms with Crippen LogP contribution in [-0.2, 0) is 0 Å². The van der Waals surface area contributed by atoms with Gasteiger partial charge in [-0.1, -0.05) is 30.3 Å². The molecule has 20 heavy (non-hydrogen) atoms. The first kappa shape index (κ1) is 15.2. The Morgan fingerprint density at radius 2 is 1.60 bits per heavy atom. The smallest absolute Gasteiger partial charge is 0.179 e. The largest absolute Gasteiger partial charge is 0.296 e. The van der Waals surface area contributed by atoms with Gasteiger partial charge < -0.3 is 0 Å². The van der Waals surface area contributed by atoms with Crippen molar-refractivity contribution in [3.8, 4) is 0 Å². The fourth-order valence-electron chi connectivity index (χ4n) is 2.79. The van der Waals surface area contributed by atoms with Gasteiger partial charge in [-0.2, -0.15) is 0 Å². The van der Waals surface area contributed by atoms with Gasteiger partial charge in [-0.25, -0.2) is 0 Å². The second-order valence-corrected chi connectivity index (χ2v) is 6.60. The van der Waals surface area contributed by atoms with Crippen LogP contribution in [0.2, 0.25) is 0 Å². The van der Waals surface area contributed by atoms with E-state index in [1.165, 1.54) is 0 Å². The molecule has 1 atom stereocenters. The molecule has 1 aromatic rings.